The summed E-state index contributed by atoms with van der Waals surface area (Å²) in [5, 5.41) is 4.92. The third-order valence-electron chi connectivity index (χ3n) is 4.19. The average molecular weight is 364 g/mol. The summed E-state index contributed by atoms with van der Waals surface area (Å²) in [6.45, 7) is 3.60. The van der Waals surface area contributed by atoms with Gasteiger partial charge in [0, 0.05) is 23.1 Å². The molecular weight excluding hydrogens is 345 g/mol. The largest absolute Gasteiger partial charge is 0.497 e. The molecule has 3 aromatic rings. The topological polar surface area (TPSA) is 36.3 Å². The molecule has 138 valence electrons. The van der Waals surface area contributed by atoms with Crippen LogP contribution in [0, 0.1) is 0 Å². The molecule has 4 nitrogen and oxygen atoms in total. The minimum Gasteiger partial charge on any atom is -0.497 e. The van der Waals surface area contributed by atoms with Gasteiger partial charge in [-0.15, -0.1) is 0 Å². The molecule has 1 heterocycles. The van der Waals surface area contributed by atoms with Gasteiger partial charge in [-0.05, 0) is 32.0 Å². The van der Waals surface area contributed by atoms with Gasteiger partial charge in [0.05, 0.1) is 25.3 Å². The molecule has 0 atom stereocenters. The maximum absolute atomic E-state index is 13.5. The molecule has 0 spiro atoms. The molecule has 0 radical (unpaired) electrons. The number of hydrogen-bond donors (Lipinski definition) is 0. The average Bonchev–Trinajstić information content (AvgIpc) is 3.00. The van der Waals surface area contributed by atoms with E-state index in [1.165, 1.54) is 25.0 Å². The van der Waals surface area contributed by atoms with E-state index in [4.69, 9.17) is 9.47 Å². The molecule has 1 aromatic heterocycles. The van der Waals surface area contributed by atoms with Gasteiger partial charge in [0.1, 0.15) is 17.2 Å². The highest BCUT2D eigenvalue weighted by atomic mass is 19.4. The van der Waals surface area contributed by atoms with Crippen molar-refractivity contribution in [2.75, 3.05) is 14.2 Å². The van der Waals surface area contributed by atoms with Crippen LogP contribution in [0.2, 0.25) is 0 Å². The smallest absolute Gasteiger partial charge is 0.418 e. The number of fused-ring (bicyclic) bond motifs is 1. The van der Waals surface area contributed by atoms with E-state index in [1.54, 1.807) is 38.1 Å². The Kier molecular flexibility index (Phi) is 4.56. The van der Waals surface area contributed by atoms with Crippen molar-refractivity contribution in [3.05, 3.63) is 42.0 Å². The van der Waals surface area contributed by atoms with E-state index in [1.807, 2.05) is 0 Å². The highest BCUT2D eigenvalue weighted by Gasteiger charge is 2.35. The highest BCUT2D eigenvalue weighted by Crippen LogP contribution is 2.41. The lowest BCUT2D eigenvalue weighted by Crippen LogP contribution is -2.10. The van der Waals surface area contributed by atoms with Gasteiger partial charge in [-0.25, -0.2) is 0 Å². The summed E-state index contributed by atoms with van der Waals surface area (Å²) >= 11 is 0. The summed E-state index contributed by atoms with van der Waals surface area (Å²) in [7, 11) is 3.04. The Morgan fingerprint density at radius 3 is 2.35 bits per heavy atom. The number of ether oxygens (including phenoxy) is 2. The summed E-state index contributed by atoms with van der Waals surface area (Å²) in [4.78, 5) is 0. The molecule has 0 saturated heterocycles. The van der Waals surface area contributed by atoms with Crippen molar-refractivity contribution in [2.24, 2.45) is 0 Å². The number of methoxy groups -OCH3 is 2. The molecule has 0 N–H and O–H groups in total. The predicted molar refractivity (Wildman–Crippen MR) is 93.7 cm³/mol. The summed E-state index contributed by atoms with van der Waals surface area (Å²) in [5.41, 5.74) is 0.425. The van der Waals surface area contributed by atoms with Crippen molar-refractivity contribution in [1.29, 1.82) is 0 Å². The molecule has 0 amide bonds. The van der Waals surface area contributed by atoms with Crippen LogP contribution in [0.5, 0.6) is 11.5 Å². The van der Waals surface area contributed by atoms with Crippen molar-refractivity contribution in [1.82, 2.24) is 9.78 Å². The molecule has 0 bridgehead atoms. The van der Waals surface area contributed by atoms with Crippen molar-refractivity contribution < 1.29 is 22.6 Å². The number of aromatic nitrogens is 2. The van der Waals surface area contributed by atoms with E-state index in [0.717, 1.165) is 6.07 Å². The molecule has 7 heteroatoms. The monoisotopic (exact) mass is 364 g/mol. The second-order valence-electron chi connectivity index (χ2n) is 6.15. The van der Waals surface area contributed by atoms with Gasteiger partial charge in [0.25, 0.3) is 0 Å². The summed E-state index contributed by atoms with van der Waals surface area (Å²) in [6, 6.07) is 9.04. The SMILES string of the molecule is COc1ccc(-c2nn(C(C)C)c3c(C(F)(F)F)cccc23)c(OC)c1. The van der Waals surface area contributed by atoms with Crippen molar-refractivity contribution >= 4 is 10.9 Å². The highest BCUT2D eigenvalue weighted by molar-refractivity contribution is 5.97. The Bertz CT molecular complexity index is 946. The maximum atomic E-state index is 13.5. The lowest BCUT2D eigenvalue weighted by Gasteiger charge is -2.12. The Morgan fingerprint density at radius 1 is 1.04 bits per heavy atom. The molecular formula is C19H19F3N2O2. The third kappa shape index (κ3) is 2.98. The number of para-hydroxylation sites is 1. The van der Waals surface area contributed by atoms with Crippen LogP contribution in [0.25, 0.3) is 22.2 Å². The van der Waals surface area contributed by atoms with Crippen LogP contribution in [0.3, 0.4) is 0 Å². The van der Waals surface area contributed by atoms with Crippen LogP contribution in [0.15, 0.2) is 36.4 Å². The van der Waals surface area contributed by atoms with Crippen LogP contribution >= 0.6 is 0 Å². The first-order valence-electron chi connectivity index (χ1n) is 8.08. The summed E-state index contributed by atoms with van der Waals surface area (Å²) in [5.74, 6) is 1.08. The first-order valence-corrected chi connectivity index (χ1v) is 8.08. The molecule has 3 rings (SSSR count). The van der Waals surface area contributed by atoms with E-state index in [0.29, 0.717) is 28.1 Å². The van der Waals surface area contributed by atoms with Crippen LogP contribution in [-0.4, -0.2) is 24.0 Å². The molecule has 0 fully saturated rings. The molecule has 0 aliphatic rings. The molecule has 26 heavy (non-hydrogen) atoms. The first kappa shape index (κ1) is 18.1. The number of rotatable bonds is 4. The Hall–Kier alpha value is -2.70. The van der Waals surface area contributed by atoms with Crippen molar-refractivity contribution in [3.63, 3.8) is 0 Å². The second-order valence-corrected chi connectivity index (χ2v) is 6.15. The summed E-state index contributed by atoms with van der Waals surface area (Å²) < 4.78 is 52.6. The number of hydrogen-bond acceptors (Lipinski definition) is 3. The van der Waals surface area contributed by atoms with Gasteiger partial charge in [-0.2, -0.15) is 18.3 Å². The van der Waals surface area contributed by atoms with Crippen molar-refractivity contribution in [2.45, 2.75) is 26.1 Å². The van der Waals surface area contributed by atoms with Gasteiger partial charge in [-0.1, -0.05) is 12.1 Å². The van der Waals surface area contributed by atoms with Gasteiger partial charge >= 0.3 is 6.18 Å². The molecule has 0 unspecified atom stereocenters. The van der Waals surface area contributed by atoms with E-state index < -0.39 is 11.7 Å². The van der Waals surface area contributed by atoms with Gasteiger partial charge in [0.2, 0.25) is 0 Å². The number of halogens is 3. The Labute approximate surface area is 149 Å². The standard InChI is InChI=1S/C19H19F3N2O2/c1-11(2)24-18-14(6-5-7-15(18)19(20,21)22)17(23-24)13-9-8-12(25-3)10-16(13)26-4/h5-11H,1-4H3. The molecule has 0 aliphatic heterocycles. The van der Waals surface area contributed by atoms with E-state index in [2.05, 4.69) is 5.10 Å². The predicted octanol–water partition coefficient (Wildman–Crippen LogP) is 5.32. The molecule has 0 saturated carbocycles. The van der Waals surface area contributed by atoms with Gasteiger partial charge in [0.15, 0.2) is 0 Å². The number of alkyl halides is 3. The molecule has 0 aliphatic carbocycles. The molecule has 2 aromatic carbocycles. The lowest BCUT2D eigenvalue weighted by atomic mass is 10.0. The Balaban J connectivity index is 2.36. The quantitative estimate of drug-likeness (QED) is 0.629. The number of nitrogens with zero attached hydrogens (tertiary/aromatic N) is 2. The third-order valence-corrected chi connectivity index (χ3v) is 4.19. The minimum absolute atomic E-state index is 0.0721. The zero-order chi connectivity index (χ0) is 19.1. The lowest BCUT2D eigenvalue weighted by molar-refractivity contribution is -0.136. The Morgan fingerprint density at radius 2 is 1.77 bits per heavy atom. The number of benzene rings is 2. The minimum atomic E-state index is -4.46. The van der Waals surface area contributed by atoms with E-state index >= 15 is 0 Å². The fourth-order valence-electron chi connectivity index (χ4n) is 2.99. The van der Waals surface area contributed by atoms with Crippen LogP contribution in [0.4, 0.5) is 13.2 Å². The van der Waals surface area contributed by atoms with Crippen LogP contribution < -0.4 is 9.47 Å². The fraction of sp³-hybridized carbons (Fsp3) is 0.316. The second kappa shape index (κ2) is 6.55. The van der Waals surface area contributed by atoms with Crippen LogP contribution in [0.1, 0.15) is 25.5 Å². The summed E-state index contributed by atoms with van der Waals surface area (Å²) in [6.07, 6.45) is -4.46. The first-order chi connectivity index (χ1) is 12.3. The normalized spacial score (nSPS) is 12.0. The van der Waals surface area contributed by atoms with Crippen LogP contribution in [-0.2, 0) is 6.18 Å². The van der Waals surface area contributed by atoms with Gasteiger partial charge < -0.3 is 9.47 Å². The maximum Gasteiger partial charge on any atom is 0.418 e. The van der Waals surface area contributed by atoms with Gasteiger partial charge in [-0.3, -0.25) is 4.68 Å². The fourth-order valence-corrected chi connectivity index (χ4v) is 2.99. The van der Waals surface area contributed by atoms with E-state index in [9.17, 15) is 13.2 Å². The zero-order valence-electron chi connectivity index (χ0n) is 14.9. The van der Waals surface area contributed by atoms with E-state index in [-0.39, 0.29) is 11.6 Å². The zero-order valence-corrected chi connectivity index (χ0v) is 14.9. The van der Waals surface area contributed by atoms with Crippen molar-refractivity contribution in [3.8, 4) is 22.8 Å².